The number of ether oxygens (including phenoxy) is 3. The molecule has 0 saturated carbocycles. The van der Waals surface area contributed by atoms with Crippen molar-refractivity contribution in [3.8, 4) is 5.75 Å². The molecule has 0 saturated heterocycles. The number of aryl methyl sites for hydroxylation is 1. The van der Waals surface area contributed by atoms with Crippen LogP contribution in [0.25, 0.3) is 0 Å². The van der Waals surface area contributed by atoms with Gasteiger partial charge in [-0.2, -0.15) is 0 Å². The first-order chi connectivity index (χ1) is 8.97. The summed E-state index contributed by atoms with van der Waals surface area (Å²) < 4.78 is 16.1. The van der Waals surface area contributed by atoms with Crippen molar-refractivity contribution in [2.24, 2.45) is 0 Å². The molecule has 1 atom stereocenters. The molecule has 0 aromatic heterocycles. The van der Waals surface area contributed by atoms with Crippen molar-refractivity contribution in [3.05, 3.63) is 23.8 Å². The Hall–Kier alpha value is -1.26. The molecule has 0 aliphatic heterocycles. The van der Waals surface area contributed by atoms with Crippen LogP contribution in [0.2, 0.25) is 0 Å². The lowest BCUT2D eigenvalue weighted by Crippen LogP contribution is -2.33. The molecule has 0 fully saturated rings. The summed E-state index contributed by atoms with van der Waals surface area (Å²) in [5.74, 6) is 0.890. The van der Waals surface area contributed by atoms with E-state index in [0.29, 0.717) is 0 Å². The van der Waals surface area contributed by atoms with Crippen LogP contribution in [0.1, 0.15) is 26.3 Å². The van der Waals surface area contributed by atoms with Gasteiger partial charge in [-0.05, 0) is 51.5 Å². The summed E-state index contributed by atoms with van der Waals surface area (Å²) in [6.45, 7) is 8.11. The first kappa shape index (κ1) is 15.8. The van der Waals surface area contributed by atoms with Gasteiger partial charge in [-0.25, -0.2) is 0 Å². The number of hydrogen-bond acceptors (Lipinski definition) is 4. The van der Waals surface area contributed by atoms with E-state index in [4.69, 9.17) is 14.2 Å². The first-order valence-corrected chi connectivity index (χ1v) is 6.57. The maximum absolute atomic E-state index is 5.67. The van der Waals surface area contributed by atoms with Crippen molar-refractivity contribution in [1.29, 1.82) is 0 Å². The topological polar surface area (TPSA) is 39.7 Å². The summed E-state index contributed by atoms with van der Waals surface area (Å²) >= 11 is 0. The zero-order valence-electron chi connectivity index (χ0n) is 12.7. The maximum atomic E-state index is 5.67. The van der Waals surface area contributed by atoms with Crippen molar-refractivity contribution in [2.75, 3.05) is 19.5 Å². The van der Waals surface area contributed by atoms with E-state index >= 15 is 0 Å². The molecule has 4 heteroatoms. The van der Waals surface area contributed by atoms with Crippen LogP contribution in [0.3, 0.4) is 0 Å². The molecule has 1 N–H and O–H groups in total. The van der Waals surface area contributed by atoms with Crippen LogP contribution in [0, 0.1) is 6.92 Å². The molecule has 0 heterocycles. The fraction of sp³-hybridized carbons (Fsp3) is 0.600. The number of benzene rings is 1. The molecule has 0 bridgehead atoms. The van der Waals surface area contributed by atoms with Gasteiger partial charge in [-0.15, -0.1) is 0 Å². The van der Waals surface area contributed by atoms with Gasteiger partial charge in [0, 0.05) is 19.9 Å². The minimum Gasteiger partial charge on any atom is -0.491 e. The van der Waals surface area contributed by atoms with E-state index in [0.717, 1.165) is 17.0 Å². The Morgan fingerprint density at radius 1 is 1.05 bits per heavy atom. The third-order valence-electron chi connectivity index (χ3n) is 2.83. The van der Waals surface area contributed by atoms with Crippen molar-refractivity contribution in [1.82, 2.24) is 0 Å². The zero-order chi connectivity index (χ0) is 14.4. The maximum Gasteiger partial charge on any atom is 0.176 e. The Kier molecular flexibility index (Phi) is 6.12. The average molecular weight is 267 g/mol. The number of anilines is 1. The predicted molar refractivity (Wildman–Crippen MR) is 77.8 cm³/mol. The van der Waals surface area contributed by atoms with E-state index in [1.807, 2.05) is 39.0 Å². The molecule has 4 nitrogen and oxygen atoms in total. The molecule has 1 aromatic carbocycles. The highest BCUT2D eigenvalue weighted by Crippen LogP contribution is 2.23. The molecule has 0 aliphatic carbocycles. The van der Waals surface area contributed by atoms with Gasteiger partial charge in [0.2, 0.25) is 0 Å². The van der Waals surface area contributed by atoms with Gasteiger partial charge in [0.1, 0.15) is 5.75 Å². The molecular weight excluding hydrogens is 242 g/mol. The lowest BCUT2D eigenvalue weighted by Gasteiger charge is -2.24. The normalized spacial score (nSPS) is 12.8. The number of nitrogens with one attached hydrogen (secondary N) is 1. The van der Waals surface area contributed by atoms with Gasteiger partial charge >= 0.3 is 0 Å². The van der Waals surface area contributed by atoms with Crippen LogP contribution in [-0.4, -0.2) is 32.7 Å². The highest BCUT2D eigenvalue weighted by Gasteiger charge is 2.16. The smallest absolute Gasteiger partial charge is 0.176 e. The summed E-state index contributed by atoms with van der Waals surface area (Å²) in [4.78, 5) is 0. The largest absolute Gasteiger partial charge is 0.491 e. The SMILES string of the molecule is COC(OC)C(C)Nc1ccc(OC(C)C)cc1C. The van der Waals surface area contributed by atoms with Crippen LogP contribution < -0.4 is 10.1 Å². The Balaban J connectivity index is 2.74. The van der Waals surface area contributed by atoms with Gasteiger partial charge < -0.3 is 19.5 Å². The van der Waals surface area contributed by atoms with E-state index in [1.54, 1.807) is 14.2 Å². The van der Waals surface area contributed by atoms with Gasteiger partial charge in [0.25, 0.3) is 0 Å². The lowest BCUT2D eigenvalue weighted by molar-refractivity contribution is -0.109. The van der Waals surface area contributed by atoms with Crippen molar-refractivity contribution < 1.29 is 14.2 Å². The van der Waals surface area contributed by atoms with E-state index in [-0.39, 0.29) is 18.4 Å². The minimum absolute atomic E-state index is 0.0607. The van der Waals surface area contributed by atoms with Gasteiger partial charge in [0.05, 0.1) is 12.1 Å². The molecule has 1 unspecified atom stereocenters. The first-order valence-electron chi connectivity index (χ1n) is 6.57. The van der Waals surface area contributed by atoms with Crippen molar-refractivity contribution >= 4 is 5.69 Å². The van der Waals surface area contributed by atoms with Crippen molar-refractivity contribution in [2.45, 2.75) is 46.1 Å². The fourth-order valence-electron chi connectivity index (χ4n) is 1.96. The molecular formula is C15H25NO3. The summed E-state index contributed by atoms with van der Waals surface area (Å²) in [5, 5.41) is 3.39. The Morgan fingerprint density at radius 3 is 2.16 bits per heavy atom. The predicted octanol–water partition coefficient (Wildman–Crippen LogP) is 3.20. The van der Waals surface area contributed by atoms with Crippen LogP contribution in [0.15, 0.2) is 18.2 Å². The molecule has 0 spiro atoms. The van der Waals surface area contributed by atoms with Gasteiger partial charge in [-0.3, -0.25) is 0 Å². The van der Waals surface area contributed by atoms with Crippen LogP contribution in [-0.2, 0) is 9.47 Å². The highest BCUT2D eigenvalue weighted by molar-refractivity contribution is 5.54. The monoisotopic (exact) mass is 267 g/mol. The van der Waals surface area contributed by atoms with Crippen LogP contribution in [0.5, 0.6) is 5.75 Å². The molecule has 0 radical (unpaired) electrons. The molecule has 1 rings (SSSR count). The summed E-state index contributed by atoms with van der Waals surface area (Å²) in [7, 11) is 3.28. The Labute approximate surface area is 116 Å². The fourth-order valence-corrected chi connectivity index (χ4v) is 1.96. The second-order valence-corrected chi connectivity index (χ2v) is 4.92. The average Bonchev–Trinajstić information content (AvgIpc) is 2.33. The van der Waals surface area contributed by atoms with E-state index < -0.39 is 0 Å². The minimum atomic E-state index is -0.272. The van der Waals surface area contributed by atoms with E-state index in [2.05, 4.69) is 12.2 Å². The zero-order valence-corrected chi connectivity index (χ0v) is 12.7. The van der Waals surface area contributed by atoms with Crippen LogP contribution >= 0.6 is 0 Å². The number of hydrogen-bond donors (Lipinski definition) is 1. The summed E-state index contributed by atoms with van der Waals surface area (Å²) in [6.07, 6.45) is -0.0884. The molecule has 0 aliphatic rings. The van der Waals surface area contributed by atoms with Crippen molar-refractivity contribution in [3.63, 3.8) is 0 Å². The number of rotatable bonds is 7. The second kappa shape index (κ2) is 7.36. The number of methoxy groups -OCH3 is 2. The lowest BCUT2D eigenvalue weighted by atomic mass is 10.1. The third kappa shape index (κ3) is 4.73. The van der Waals surface area contributed by atoms with Gasteiger partial charge in [0.15, 0.2) is 6.29 Å². The van der Waals surface area contributed by atoms with E-state index in [9.17, 15) is 0 Å². The summed E-state index contributed by atoms with van der Waals surface area (Å²) in [6, 6.07) is 6.08. The highest BCUT2D eigenvalue weighted by atomic mass is 16.7. The Bertz CT molecular complexity index is 389. The third-order valence-corrected chi connectivity index (χ3v) is 2.83. The molecule has 19 heavy (non-hydrogen) atoms. The van der Waals surface area contributed by atoms with Gasteiger partial charge in [-0.1, -0.05) is 0 Å². The molecule has 0 amide bonds. The quantitative estimate of drug-likeness (QED) is 0.770. The molecule has 108 valence electrons. The Morgan fingerprint density at radius 2 is 1.68 bits per heavy atom. The van der Waals surface area contributed by atoms with Crippen LogP contribution in [0.4, 0.5) is 5.69 Å². The van der Waals surface area contributed by atoms with E-state index in [1.165, 1.54) is 0 Å². The second-order valence-electron chi connectivity index (χ2n) is 4.92. The summed E-state index contributed by atoms with van der Waals surface area (Å²) in [5.41, 5.74) is 2.19. The molecule has 1 aromatic rings. The standard InChI is InChI=1S/C15H25NO3/c1-10(2)19-13-7-8-14(11(3)9-13)16-12(4)15(17-5)18-6/h7-10,12,15-16H,1-6H3.